The van der Waals surface area contributed by atoms with Crippen molar-refractivity contribution in [1.82, 2.24) is 10.4 Å². The van der Waals surface area contributed by atoms with E-state index < -0.39 is 23.6 Å². The van der Waals surface area contributed by atoms with Crippen molar-refractivity contribution in [2.45, 2.75) is 18.8 Å². The van der Waals surface area contributed by atoms with Crippen LogP contribution in [0.25, 0.3) is 5.70 Å². The van der Waals surface area contributed by atoms with E-state index in [1.165, 1.54) is 12.1 Å². The van der Waals surface area contributed by atoms with Gasteiger partial charge in [0.25, 0.3) is 5.72 Å². The summed E-state index contributed by atoms with van der Waals surface area (Å²) in [5.74, 6) is -1.57. The fourth-order valence-corrected chi connectivity index (χ4v) is 1.81. The van der Waals surface area contributed by atoms with E-state index in [4.69, 9.17) is 0 Å². The molecule has 2 N–H and O–H groups in total. The first-order valence-corrected chi connectivity index (χ1v) is 5.50. The standard InChI is InChI=1S/C12H10F4N2O2/c1-7(19)18-11(20,12(14,15)16)6-10(17-18)8-2-4-9(13)5-3-8/h2-6,17,20H,1H3. The minimum atomic E-state index is -5.08. The normalized spacial score (nSPS) is 22.5. The summed E-state index contributed by atoms with van der Waals surface area (Å²) in [4.78, 5) is 11.2. The minimum absolute atomic E-state index is 0.0751. The van der Waals surface area contributed by atoms with Gasteiger partial charge in [0.15, 0.2) is 0 Å². The number of nitrogens with zero attached hydrogens (tertiary/aromatic N) is 1. The minimum Gasteiger partial charge on any atom is -0.359 e. The molecule has 20 heavy (non-hydrogen) atoms. The molecule has 0 fully saturated rings. The van der Waals surface area contributed by atoms with Gasteiger partial charge in [0.05, 0.1) is 5.70 Å². The molecular formula is C12H10F4N2O2. The highest BCUT2D eigenvalue weighted by atomic mass is 19.4. The quantitative estimate of drug-likeness (QED) is 0.775. The van der Waals surface area contributed by atoms with Crippen molar-refractivity contribution < 1.29 is 27.5 Å². The van der Waals surface area contributed by atoms with Crippen LogP contribution in [0.2, 0.25) is 0 Å². The molecule has 1 unspecified atom stereocenters. The maximum atomic E-state index is 12.9. The highest BCUT2D eigenvalue weighted by Gasteiger charge is 2.61. The molecule has 1 aromatic carbocycles. The van der Waals surface area contributed by atoms with Crippen LogP contribution in [0.5, 0.6) is 0 Å². The maximum absolute atomic E-state index is 12.9. The van der Waals surface area contributed by atoms with Gasteiger partial charge in [0.2, 0.25) is 5.91 Å². The zero-order valence-corrected chi connectivity index (χ0v) is 10.2. The van der Waals surface area contributed by atoms with Crippen LogP contribution in [0.4, 0.5) is 17.6 Å². The summed E-state index contributed by atoms with van der Waals surface area (Å²) in [7, 11) is 0. The van der Waals surface area contributed by atoms with E-state index >= 15 is 0 Å². The van der Waals surface area contributed by atoms with Crippen molar-refractivity contribution in [3.63, 3.8) is 0 Å². The average molecular weight is 290 g/mol. The Morgan fingerprint density at radius 1 is 1.30 bits per heavy atom. The molecule has 0 bridgehead atoms. The number of hydrazine groups is 1. The first-order valence-electron chi connectivity index (χ1n) is 5.50. The first kappa shape index (κ1) is 14.3. The molecule has 1 aliphatic rings. The smallest absolute Gasteiger partial charge is 0.359 e. The zero-order valence-electron chi connectivity index (χ0n) is 10.2. The lowest BCUT2D eigenvalue weighted by atomic mass is 10.1. The number of hydrogen-bond donors (Lipinski definition) is 2. The molecule has 0 spiro atoms. The number of carbonyl (C=O) groups is 1. The fourth-order valence-electron chi connectivity index (χ4n) is 1.81. The number of alkyl halides is 3. The van der Waals surface area contributed by atoms with E-state index in [1.54, 1.807) is 0 Å². The molecule has 1 heterocycles. The predicted octanol–water partition coefficient (Wildman–Crippen LogP) is 1.78. The van der Waals surface area contributed by atoms with Crippen LogP contribution in [0.15, 0.2) is 30.3 Å². The number of benzene rings is 1. The first-order chi connectivity index (χ1) is 9.15. The second kappa shape index (κ2) is 4.48. The van der Waals surface area contributed by atoms with Crippen LogP contribution in [0, 0.1) is 5.82 Å². The van der Waals surface area contributed by atoms with E-state index in [9.17, 15) is 27.5 Å². The predicted molar refractivity (Wildman–Crippen MR) is 61.0 cm³/mol. The van der Waals surface area contributed by atoms with Gasteiger partial charge >= 0.3 is 6.18 Å². The number of halogens is 4. The van der Waals surface area contributed by atoms with Crippen molar-refractivity contribution >= 4 is 11.6 Å². The van der Waals surface area contributed by atoms with E-state index in [0.29, 0.717) is 6.08 Å². The summed E-state index contributed by atoms with van der Waals surface area (Å²) < 4.78 is 51.5. The molecular weight excluding hydrogens is 280 g/mol. The number of nitrogens with one attached hydrogen (secondary N) is 1. The third-order valence-corrected chi connectivity index (χ3v) is 2.81. The summed E-state index contributed by atoms with van der Waals surface area (Å²) in [5.41, 5.74) is -1.20. The summed E-state index contributed by atoms with van der Waals surface area (Å²) in [6.07, 6.45) is -4.60. The molecule has 2 rings (SSSR count). The van der Waals surface area contributed by atoms with E-state index in [-0.39, 0.29) is 16.3 Å². The van der Waals surface area contributed by atoms with E-state index in [2.05, 4.69) is 5.43 Å². The molecule has 0 saturated carbocycles. The van der Waals surface area contributed by atoms with Crippen LogP contribution in [0.3, 0.4) is 0 Å². The highest BCUT2D eigenvalue weighted by molar-refractivity contribution is 5.79. The Morgan fingerprint density at radius 2 is 1.85 bits per heavy atom. The lowest BCUT2D eigenvalue weighted by Gasteiger charge is -2.32. The number of aliphatic hydroxyl groups is 1. The lowest BCUT2D eigenvalue weighted by molar-refractivity contribution is -0.288. The van der Waals surface area contributed by atoms with Gasteiger partial charge in [-0.15, -0.1) is 0 Å². The van der Waals surface area contributed by atoms with Gasteiger partial charge in [-0.2, -0.15) is 13.2 Å². The van der Waals surface area contributed by atoms with E-state index in [1.807, 2.05) is 0 Å². The molecule has 0 radical (unpaired) electrons. The molecule has 1 amide bonds. The molecule has 0 saturated heterocycles. The Labute approximate surface area is 111 Å². The summed E-state index contributed by atoms with van der Waals surface area (Å²) in [6, 6.07) is 4.57. The van der Waals surface area contributed by atoms with E-state index in [0.717, 1.165) is 19.1 Å². The molecule has 4 nitrogen and oxygen atoms in total. The van der Waals surface area contributed by atoms with Crippen molar-refractivity contribution in [2.75, 3.05) is 0 Å². The van der Waals surface area contributed by atoms with Crippen LogP contribution in [-0.4, -0.2) is 27.9 Å². The van der Waals surface area contributed by atoms with Crippen LogP contribution in [-0.2, 0) is 4.79 Å². The summed E-state index contributed by atoms with van der Waals surface area (Å²) >= 11 is 0. The van der Waals surface area contributed by atoms with Gasteiger partial charge in [-0.1, -0.05) is 0 Å². The van der Waals surface area contributed by atoms with Gasteiger partial charge in [-0.3, -0.25) is 10.2 Å². The highest BCUT2D eigenvalue weighted by Crippen LogP contribution is 2.39. The van der Waals surface area contributed by atoms with Crippen molar-refractivity contribution in [1.29, 1.82) is 0 Å². The number of hydrogen-bond acceptors (Lipinski definition) is 3. The molecule has 0 aliphatic carbocycles. The Hall–Kier alpha value is -2.09. The Bertz CT molecular complexity index is 568. The van der Waals surface area contributed by atoms with Gasteiger partial charge < -0.3 is 5.11 Å². The molecule has 1 aromatic rings. The maximum Gasteiger partial charge on any atom is 0.442 e. The Balaban J connectivity index is 2.45. The van der Waals surface area contributed by atoms with Crippen LogP contribution >= 0.6 is 0 Å². The van der Waals surface area contributed by atoms with Crippen molar-refractivity contribution in [3.8, 4) is 0 Å². The third kappa shape index (κ3) is 2.22. The lowest BCUT2D eigenvalue weighted by Crippen LogP contribution is -2.59. The van der Waals surface area contributed by atoms with Crippen LogP contribution in [0.1, 0.15) is 12.5 Å². The molecule has 1 aliphatic heterocycles. The number of carbonyl (C=O) groups excluding carboxylic acids is 1. The second-order valence-electron chi connectivity index (χ2n) is 4.26. The summed E-state index contributed by atoms with van der Waals surface area (Å²) in [5, 5.41) is 9.79. The Morgan fingerprint density at radius 3 is 2.25 bits per heavy atom. The number of rotatable bonds is 1. The van der Waals surface area contributed by atoms with Crippen LogP contribution < -0.4 is 5.43 Å². The second-order valence-corrected chi connectivity index (χ2v) is 4.26. The molecule has 8 heteroatoms. The monoisotopic (exact) mass is 290 g/mol. The molecule has 108 valence electrons. The van der Waals surface area contributed by atoms with Crippen molar-refractivity contribution in [3.05, 3.63) is 41.7 Å². The average Bonchev–Trinajstić information content (AvgIpc) is 2.69. The fraction of sp³-hybridized carbons (Fsp3) is 0.250. The topological polar surface area (TPSA) is 52.6 Å². The Kier molecular flexibility index (Phi) is 3.21. The van der Waals surface area contributed by atoms with Gasteiger partial charge in [0.1, 0.15) is 5.82 Å². The largest absolute Gasteiger partial charge is 0.442 e. The third-order valence-electron chi connectivity index (χ3n) is 2.81. The molecule has 0 aromatic heterocycles. The molecule has 1 atom stereocenters. The SMILES string of the molecule is CC(=O)N1NC(c2ccc(F)cc2)=CC1(O)C(F)(F)F. The van der Waals surface area contributed by atoms with Gasteiger partial charge in [-0.05, 0) is 29.8 Å². The van der Waals surface area contributed by atoms with Crippen molar-refractivity contribution in [2.24, 2.45) is 0 Å². The summed E-state index contributed by atoms with van der Waals surface area (Å²) in [6.45, 7) is 0.880. The zero-order chi connectivity index (χ0) is 15.1. The van der Waals surface area contributed by atoms with Gasteiger partial charge in [0, 0.05) is 13.0 Å². The number of amides is 1. The van der Waals surface area contributed by atoms with Gasteiger partial charge in [-0.25, -0.2) is 9.40 Å².